The van der Waals surface area contributed by atoms with Gasteiger partial charge in [-0.15, -0.1) is 0 Å². The van der Waals surface area contributed by atoms with Crippen LogP contribution in [-0.4, -0.2) is 95.5 Å². The zero-order chi connectivity index (χ0) is 29.6. The van der Waals surface area contributed by atoms with Crippen LogP contribution in [0.4, 0.5) is 11.8 Å². The average Bonchev–Trinajstić information content (AvgIpc) is 3.71. The molecule has 1 amide bonds. The lowest BCUT2D eigenvalue weighted by Gasteiger charge is -2.26. The first kappa shape index (κ1) is 29.2. The van der Waals surface area contributed by atoms with Gasteiger partial charge in [-0.3, -0.25) is 10.1 Å². The van der Waals surface area contributed by atoms with Gasteiger partial charge in [-0.25, -0.2) is 13.4 Å². The number of benzene rings is 2. The predicted molar refractivity (Wildman–Crippen MR) is 164 cm³/mol. The zero-order valence-corrected chi connectivity index (χ0v) is 24.8. The van der Waals surface area contributed by atoms with Crippen molar-refractivity contribution in [3.05, 3.63) is 72.1 Å². The van der Waals surface area contributed by atoms with Crippen LogP contribution in [0.25, 0.3) is 11.2 Å². The van der Waals surface area contributed by atoms with Crippen molar-refractivity contribution in [1.29, 1.82) is 0 Å². The van der Waals surface area contributed by atoms with E-state index in [0.717, 1.165) is 31.6 Å². The van der Waals surface area contributed by atoms with Gasteiger partial charge in [-0.2, -0.15) is 14.3 Å². The first-order chi connectivity index (χ1) is 21.0. The molecule has 6 rings (SSSR count). The van der Waals surface area contributed by atoms with Gasteiger partial charge in [0, 0.05) is 25.2 Å². The number of nitrogens with one attached hydrogen (secondary N) is 2. The van der Waals surface area contributed by atoms with Gasteiger partial charge in [0.1, 0.15) is 0 Å². The van der Waals surface area contributed by atoms with Gasteiger partial charge in [0.15, 0.2) is 17.0 Å². The number of nitrogens with zero attached hydrogens (tertiary/aromatic N) is 6. The van der Waals surface area contributed by atoms with Gasteiger partial charge in [-0.1, -0.05) is 30.3 Å². The molecule has 0 saturated carbocycles. The van der Waals surface area contributed by atoms with Gasteiger partial charge in [0.05, 0.1) is 31.0 Å². The summed E-state index contributed by atoms with van der Waals surface area (Å²) in [7, 11) is -3.66. The Morgan fingerprint density at radius 2 is 1.67 bits per heavy atom. The molecule has 0 aliphatic carbocycles. The van der Waals surface area contributed by atoms with Crippen LogP contribution in [0.1, 0.15) is 35.2 Å². The quantitative estimate of drug-likeness (QED) is 0.248. The Labute approximate surface area is 251 Å². The molecule has 0 unspecified atom stereocenters. The lowest BCUT2D eigenvalue weighted by molar-refractivity contribution is 0.0730. The van der Waals surface area contributed by atoms with Crippen LogP contribution >= 0.6 is 0 Å². The van der Waals surface area contributed by atoms with E-state index < -0.39 is 15.9 Å². The number of carbonyl (C=O) groups excluding carboxylic acids is 1. The third-order valence-corrected chi connectivity index (χ3v) is 9.66. The highest BCUT2D eigenvalue weighted by Crippen LogP contribution is 2.23. The SMILES string of the molecule is O=C(Nc1nc(NCCCN2CCCC2)c2ncn(Cc3ccccc3)c2n1)c1ccc(S(=O)(=O)N2CCOCC2)cc1. The molecule has 12 nitrogen and oxygen atoms in total. The standard InChI is InChI=1S/C30H36N8O4S/c39-29(24-9-11-25(12-10-24)43(40,41)38-17-19-42-20-18-38)35-30-33-27(31-13-6-16-36-14-4-5-15-36)26-28(34-30)37(22-32-26)21-23-7-2-1-3-8-23/h1-3,7-12,22H,4-6,13-21H2,(H2,31,33,34,35,39). The summed E-state index contributed by atoms with van der Waals surface area (Å²) >= 11 is 0. The largest absolute Gasteiger partial charge is 0.379 e. The lowest BCUT2D eigenvalue weighted by atomic mass is 10.2. The van der Waals surface area contributed by atoms with E-state index >= 15 is 0 Å². The minimum atomic E-state index is -3.66. The summed E-state index contributed by atoms with van der Waals surface area (Å²) in [6.45, 7) is 5.93. The third kappa shape index (κ3) is 6.85. The van der Waals surface area contributed by atoms with Crippen LogP contribution in [0.2, 0.25) is 0 Å². The number of hydrogen-bond acceptors (Lipinski definition) is 9. The number of ether oxygens (including phenoxy) is 1. The average molecular weight is 605 g/mol. The van der Waals surface area contributed by atoms with Crippen LogP contribution in [0.3, 0.4) is 0 Å². The molecule has 0 bridgehead atoms. The maximum atomic E-state index is 13.2. The molecule has 43 heavy (non-hydrogen) atoms. The molecule has 2 saturated heterocycles. The Hall–Kier alpha value is -3.91. The monoisotopic (exact) mass is 604 g/mol. The van der Waals surface area contributed by atoms with Crippen molar-refractivity contribution in [1.82, 2.24) is 28.7 Å². The van der Waals surface area contributed by atoms with Crippen molar-refractivity contribution in [2.75, 3.05) is 63.1 Å². The molecule has 2 aliphatic heterocycles. The Morgan fingerprint density at radius 1 is 0.930 bits per heavy atom. The molecule has 2 aliphatic rings. The number of morpholine rings is 1. The molecule has 0 spiro atoms. The number of likely N-dealkylation sites (tertiary alicyclic amines) is 1. The number of amides is 1. The lowest BCUT2D eigenvalue weighted by Crippen LogP contribution is -2.40. The first-order valence-electron chi connectivity index (χ1n) is 14.7. The number of fused-ring (bicyclic) bond motifs is 1. The fraction of sp³-hybridized carbons (Fsp3) is 0.400. The van der Waals surface area contributed by atoms with Crippen molar-refractivity contribution < 1.29 is 17.9 Å². The molecular formula is C30H36N8O4S. The molecule has 2 aromatic carbocycles. The Kier molecular flexibility index (Phi) is 8.93. The molecule has 226 valence electrons. The number of sulfonamides is 1. The van der Waals surface area contributed by atoms with Crippen LogP contribution in [0, 0.1) is 0 Å². The summed E-state index contributed by atoms with van der Waals surface area (Å²) in [4.78, 5) is 29.7. The van der Waals surface area contributed by atoms with Crippen molar-refractivity contribution in [3.63, 3.8) is 0 Å². The van der Waals surface area contributed by atoms with Crippen LogP contribution in [0.5, 0.6) is 0 Å². The summed E-state index contributed by atoms with van der Waals surface area (Å²) < 4.78 is 34.5. The topological polar surface area (TPSA) is 135 Å². The fourth-order valence-electron chi connectivity index (χ4n) is 5.42. The highest BCUT2D eigenvalue weighted by molar-refractivity contribution is 7.89. The van der Waals surface area contributed by atoms with Crippen molar-refractivity contribution >= 4 is 38.9 Å². The number of anilines is 2. The summed E-state index contributed by atoms with van der Waals surface area (Å²) in [5, 5.41) is 6.21. The normalized spacial score (nSPS) is 16.5. The zero-order valence-electron chi connectivity index (χ0n) is 24.0. The summed E-state index contributed by atoms with van der Waals surface area (Å²) in [5.41, 5.74) is 2.62. The number of hydrogen-bond donors (Lipinski definition) is 2. The second-order valence-corrected chi connectivity index (χ2v) is 12.7. The number of aromatic nitrogens is 4. The van der Waals surface area contributed by atoms with E-state index in [1.165, 1.54) is 41.4 Å². The maximum absolute atomic E-state index is 13.2. The van der Waals surface area contributed by atoms with E-state index in [0.29, 0.717) is 61.9 Å². The molecule has 2 aromatic heterocycles. The van der Waals surface area contributed by atoms with E-state index in [9.17, 15) is 13.2 Å². The number of rotatable bonds is 11. The van der Waals surface area contributed by atoms with Gasteiger partial charge in [-0.05, 0) is 68.7 Å². The molecule has 0 atom stereocenters. The second kappa shape index (κ2) is 13.2. The van der Waals surface area contributed by atoms with E-state index in [1.54, 1.807) is 6.33 Å². The summed E-state index contributed by atoms with van der Waals surface area (Å²) in [5.74, 6) is 0.253. The van der Waals surface area contributed by atoms with E-state index in [-0.39, 0.29) is 10.8 Å². The van der Waals surface area contributed by atoms with Crippen LogP contribution in [0.15, 0.2) is 65.8 Å². The van der Waals surface area contributed by atoms with Gasteiger partial charge >= 0.3 is 0 Å². The molecule has 0 radical (unpaired) electrons. The Balaban J connectivity index is 1.21. The smallest absolute Gasteiger partial charge is 0.258 e. The van der Waals surface area contributed by atoms with E-state index in [4.69, 9.17) is 4.74 Å². The molecular weight excluding hydrogens is 568 g/mol. The molecule has 2 N–H and O–H groups in total. The number of carbonyl (C=O) groups is 1. The molecule has 4 aromatic rings. The Morgan fingerprint density at radius 3 is 2.42 bits per heavy atom. The van der Waals surface area contributed by atoms with Gasteiger partial charge in [0.2, 0.25) is 16.0 Å². The van der Waals surface area contributed by atoms with E-state index in [2.05, 4.69) is 30.5 Å². The Bertz CT molecular complexity index is 1650. The van der Waals surface area contributed by atoms with Crippen molar-refractivity contribution in [2.24, 2.45) is 0 Å². The maximum Gasteiger partial charge on any atom is 0.258 e. The second-order valence-electron chi connectivity index (χ2n) is 10.8. The molecule has 4 heterocycles. The summed E-state index contributed by atoms with van der Waals surface area (Å²) in [6, 6.07) is 15.9. The van der Waals surface area contributed by atoms with Crippen LogP contribution in [-0.2, 0) is 21.3 Å². The predicted octanol–water partition coefficient (Wildman–Crippen LogP) is 3.05. The number of imidazole rings is 1. The van der Waals surface area contributed by atoms with Gasteiger partial charge in [0.25, 0.3) is 5.91 Å². The minimum absolute atomic E-state index is 0.133. The minimum Gasteiger partial charge on any atom is -0.379 e. The summed E-state index contributed by atoms with van der Waals surface area (Å²) in [6.07, 6.45) is 5.21. The van der Waals surface area contributed by atoms with Crippen molar-refractivity contribution in [3.8, 4) is 0 Å². The van der Waals surface area contributed by atoms with Gasteiger partial charge < -0.3 is 19.5 Å². The molecule has 13 heteroatoms. The third-order valence-electron chi connectivity index (χ3n) is 7.75. The first-order valence-corrected chi connectivity index (χ1v) is 16.1. The highest BCUT2D eigenvalue weighted by Gasteiger charge is 2.26. The highest BCUT2D eigenvalue weighted by atomic mass is 32.2. The van der Waals surface area contributed by atoms with Crippen LogP contribution < -0.4 is 10.6 Å². The van der Waals surface area contributed by atoms with E-state index in [1.807, 2.05) is 34.9 Å². The van der Waals surface area contributed by atoms with Crippen molar-refractivity contribution in [2.45, 2.75) is 30.7 Å². The fourth-order valence-corrected chi connectivity index (χ4v) is 6.83. The molecule has 2 fully saturated rings.